The van der Waals surface area contributed by atoms with Crippen molar-refractivity contribution in [3.05, 3.63) is 77.4 Å². The van der Waals surface area contributed by atoms with Crippen molar-refractivity contribution in [2.24, 2.45) is 10.8 Å². The molecule has 5 nitrogen and oxygen atoms in total. The number of hydrogen-bond acceptors (Lipinski definition) is 5. The molecule has 2 aliphatic rings. The molecule has 0 amide bonds. The summed E-state index contributed by atoms with van der Waals surface area (Å²) in [6.07, 6.45) is 0.303. The Kier molecular flexibility index (Phi) is 4.09. The van der Waals surface area contributed by atoms with E-state index in [1.807, 2.05) is 56.3 Å². The standard InChI is InChI=1S/C26H22O5/c1-4-25(22(27)17-11-9-15(2)10-12-17)21-20-18-8-6-5-7-16(18)13-14-19(20)31-24(29)26(21,25)23(28)30-3/h5-14,21H,4H2,1-3H3. The maximum absolute atomic E-state index is 13.9. The second-order valence-electron chi connectivity index (χ2n) is 8.34. The van der Waals surface area contributed by atoms with E-state index in [4.69, 9.17) is 9.47 Å². The lowest BCUT2D eigenvalue weighted by atomic mass is 9.83. The molecule has 5 heteroatoms. The molecule has 0 bridgehead atoms. The van der Waals surface area contributed by atoms with Crippen molar-refractivity contribution in [3.8, 4) is 5.75 Å². The molecule has 5 rings (SSSR count). The fourth-order valence-corrected chi connectivity index (χ4v) is 5.60. The van der Waals surface area contributed by atoms with Crippen LogP contribution in [-0.2, 0) is 14.3 Å². The number of hydrogen-bond donors (Lipinski definition) is 0. The topological polar surface area (TPSA) is 69.7 Å². The Hall–Kier alpha value is -3.47. The smallest absolute Gasteiger partial charge is 0.330 e. The monoisotopic (exact) mass is 414 g/mol. The number of aryl methyl sites for hydroxylation is 1. The zero-order chi connectivity index (χ0) is 22.0. The first-order valence-electron chi connectivity index (χ1n) is 10.4. The Morgan fingerprint density at radius 3 is 2.42 bits per heavy atom. The van der Waals surface area contributed by atoms with E-state index in [-0.39, 0.29) is 5.78 Å². The molecule has 31 heavy (non-hydrogen) atoms. The van der Waals surface area contributed by atoms with Crippen LogP contribution < -0.4 is 4.74 Å². The average Bonchev–Trinajstić information content (AvgIpc) is 3.44. The van der Waals surface area contributed by atoms with Gasteiger partial charge in [0.25, 0.3) is 0 Å². The third kappa shape index (κ3) is 2.23. The lowest BCUT2D eigenvalue weighted by Crippen LogP contribution is -2.40. The van der Waals surface area contributed by atoms with Crippen molar-refractivity contribution in [2.75, 3.05) is 7.11 Å². The molecule has 0 N–H and O–H groups in total. The van der Waals surface area contributed by atoms with Crippen molar-refractivity contribution in [1.82, 2.24) is 0 Å². The summed E-state index contributed by atoms with van der Waals surface area (Å²) in [6.45, 7) is 3.78. The molecule has 3 aromatic rings. The zero-order valence-electron chi connectivity index (χ0n) is 17.6. The summed E-state index contributed by atoms with van der Waals surface area (Å²) in [5, 5.41) is 1.83. The van der Waals surface area contributed by atoms with Crippen LogP contribution in [0.1, 0.15) is 40.7 Å². The molecule has 0 spiro atoms. The van der Waals surface area contributed by atoms with Gasteiger partial charge in [0.05, 0.1) is 12.5 Å². The number of ketones is 1. The molecular formula is C26H22O5. The molecule has 1 aliphatic carbocycles. The number of fused-ring (bicyclic) bond motifs is 5. The van der Waals surface area contributed by atoms with E-state index in [1.165, 1.54) is 7.11 Å². The van der Waals surface area contributed by atoms with Gasteiger partial charge in [-0.05, 0) is 30.2 Å². The number of ether oxygens (including phenoxy) is 2. The number of methoxy groups -OCH3 is 1. The van der Waals surface area contributed by atoms with Gasteiger partial charge in [-0.25, -0.2) is 0 Å². The van der Waals surface area contributed by atoms with E-state index in [0.29, 0.717) is 17.7 Å². The van der Waals surface area contributed by atoms with Crippen molar-refractivity contribution in [1.29, 1.82) is 0 Å². The number of esters is 2. The quantitative estimate of drug-likeness (QED) is 0.270. The number of benzene rings is 3. The van der Waals surface area contributed by atoms with Gasteiger partial charge in [-0.2, -0.15) is 0 Å². The van der Waals surface area contributed by atoms with Gasteiger partial charge in [0, 0.05) is 17.0 Å². The highest BCUT2D eigenvalue weighted by molar-refractivity contribution is 6.21. The lowest BCUT2D eigenvalue weighted by Gasteiger charge is -2.23. The van der Waals surface area contributed by atoms with Crippen LogP contribution in [0.2, 0.25) is 0 Å². The molecule has 3 unspecified atom stereocenters. The van der Waals surface area contributed by atoms with Crippen molar-refractivity contribution in [2.45, 2.75) is 26.2 Å². The number of carbonyl (C=O) groups is 3. The van der Waals surface area contributed by atoms with E-state index in [1.54, 1.807) is 18.2 Å². The van der Waals surface area contributed by atoms with Gasteiger partial charge < -0.3 is 9.47 Å². The van der Waals surface area contributed by atoms with E-state index in [2.05, 4.69) is 0 Å². The molecule has 0 saturated heterocycles. The summed E-state index contributed by atoms with van der Waals surface area (Å²) in [5.41, 5.74) is -0.726. The summed E-state index contributed by atoms with van der Waals surface area (Å²) < 4.78 is 10.8. The Morgan fingerprint density at radius 1 is 1.03 bits per heavy atom. The van der Waals surface area contributed by atoms with Gasteiger partial charge in [0.1, 0.15) is 5.75 Å². The Bertz CT molecular complexity index is 1260. The average molecular weight is 414 g/mol. The van der Waals surface area contributed by atoms with E-state index in [9.17, 15) is 14.4 Å². The van der Waals surface area contributed by atoms with Crippen LogP contribution in [0.25, 0.3) is 10.8 Å². The fourth-order valence-electron chi connectivity index (χ4n) is 5.60. The second kappa shape index (κ2) is 6.51. The minimum Gasteiger partial charge on any atom is -0.468 e. The van der Waals surface area contributed by atoms with Crippen molar-refractivity contribution >= 4 is 28.5 Å². The third-order valence-corrected chi connectivity index (χ3v) is 7.07. The maximum atomic E-state index is 13.9. The van der Waals surface area contributed by atoms with Crippen LogP contribution in [-0.4, -0.2) is 24.8 Å². The highest BCUT2D eigenvalue weighted by atomic mass is 16.6. The van der Waals surface area contributed by atoms with Crippen molar-refractivity contribution < 1.29 is 23.9 Å². The van der Waals surface area contributed by atoms with Gasteiger partial charge in [0.2, 0.25) is 0 Å². The number of rotatable bonds is 4. The van der Waals surface area contributed by atoms with E-state index >= 15 is 0 Å². The minimum atomic E-state index is -1.68. The van der Waals surface area contributed by atoms with E-state index in [0.717, 1.165) is 21.9 Å². The van der Waals surface area contributed by atoms with Crippen LogP contribution >= 0.6 is 0 Å². The predicted octanol–water partition coefficient (Wildman–Crippen LogP) is 4.60. The SMILES string of the molecule is CCC1(C(=O)c2ccc(C)cc2)C2c3c(ccc4ccccc34)OC(=O)C21C(=O)OC. The zero-order valence-corrected chi connectivity index (χ0v) is 17.6. The fraction of sp³-hybridized carbons (Fsp3) is 0.269. The Balaban J connectivity index is 1.81. The van der Waals surface area contributed by atoms with Gasteiger partial charge in [0.15, 0.2) is 11.2 Å². The first kappa shape index (κ1) is 19.5. The Labute approximate surface area is 180 Å². The first-order chi connectivity index (χ1) is 14.9. The van der Waals surface area contributed by atoms with Crippen molar-refractivity contribution in [3.63, 3.8) is 0 Å². The molecule has 1 aliphatic heterocycles. The predicted molar refractivity (Wildman–Crippen MR) is 115 cm³/mol. The lowest BCUT2D eigenvalue weighted by molar-refractivity contribution is -0.160. The number of Topliss-reactive ketones (excluding diaryl/α,β-unsaturated/α-hetero) is 1. The van der Waals surface area contributed by atoms with E-state index < -0.39 is 28.7 Å². The summed E-state index contributed by atoms with van der Waals surface area (Å²) in [7, 11) is 1.25. The molecular weight excluding hydrogens is 392 g/mol. The molecule has 1 saturated carbocycles. The molecule has 3 aromatic carbocycles. The Morgan fingerprint density at radius 2 is 1.74 bits per heavy atom. The van der Waals surface area contributed by atoms with Gasteiger partial charge in [-0.1, -0.05) is 67.1 Å². The van der Waals surface area contributed by atoms with Gasteiger partial charge in [-0.3, -0.25) is 14.4 Å². The third-order valence-electron chi connectivity index (χ3n) is 7.07. The van der Waals surface area contributed by atoms with Crippen LogP contribution in [0.4, 0.5) is 0 Å². The molecule has 156 valence electrons. The minimum absolute atomic E-state index is 0.233. The summed E-state index contributed by atoms with van der Waals surface area (Å²) >= 11 is 0. The molecule has 1 heterocycles. The molecule has 3 atom stereocenters. The van der Waals surface area contributed by atoms with Gasteiger partial charge >= 0.3 is 11.9 Å². The van der Waals surface area contributed by atoms with Crippen LogP contribution in [0, 0.1) is 17.8 Å². The second-order valence-corrected chi connectivity index (χ2v) is 8.34. The highest BCUT2D eigenvalue weighted by Gasteiger charge is 2.90. The number of carbonyl (C=O) groups excluding carboxylic acids is 3. The molecule has 0 aromatic heterocycles. The summed E-state index contributed by atoms with van der Waals surface area (Å²) in [6, 6.07) is 18.6. The maximum Gasteiger partial charge on any atom is 0.330 e. The van der Waals surface area contributed by atoms with Gasteiger partial charge in [-0.15, -0.1) is 0 Å². The van der Waals surface area contributed by atoms with Crippen LogP contribution in [0.3, 0.4) is 0 Å². The normalized spacial score (nSPS) is 25.9. The molecule has 1 fully saturated rings. The summed E-state index contributed by atoms with van der Waals surface area (Å²) in [4.78, 5) is 40.5. The van der Waals surface area contributed by atoms with Crippen LogP contribution in [0.15, 0.2) is 60.7 Å². The highest BCUT2D eigenvalue weighted by Crippen LogP contribution is 2.80. The molecule has 0 radical (unpaired) electrons. The largest absolute Gasteiger partial charge is 0.468 e. The summed E-state index contributed by atoms with van der Waals surface area (Å²) in [5.74, 6) is -1.91. The first-order valence-corrected chi connectivity index (χ1v) is 10.4. The van der Waals surface area contributed by atoms with Crippen LogP contribution in [0.5, 0.6) is 5.75 Å².